The summed E-state index contributed by atoms with van der Waals surface area (Å²) in [7, 11) is 0. The average molecular weight is 292 g/mol. The van der Waals surface area contributed by atoms with Gasteiger partial charge in [0.1, 0.15) is 5.75 Å². The van der Waals surface area contributed by atoms with Gasteiger partial charge in [0.15, 0.2) is 6.10 Å². The second-order valence-electron chi connectivity index (χ2n) is 5.09. The molecule has 21 heavy (non-hydrogen) atoms. The van der Waals surface area contributed by atoms with Gasteiger partial charge in [-0.1, -0.05) is 19.1 Å². The summed E-state index contributed by atoms with van der Waals surface area (Å²) in [6.45, 7) is 11.2. The van der Waals surface area contributed by atoms with E-state index in [-0.39, 0.29) is 5.91 Å². The summed E-state index contributed by atoms with van der Waals surface area (Å²) in [5, 5.41) is 3.36. The van der Waals surface area contributed by atoms with E-state index in [1.165, 1.54) is 5.56 Å². The van der Waals surface area contributed by atoms with Crippen molar-refractivity contribution in [2.24, 2.45) is 0 Å². The van der Waals surface area contributed by atoms with Crippen LogP contribution in [0.25, 0.3) is 0 Å². The van der Waals surface area contributed by atoms with Crippen molar-refractivity contribution in [3.05, 3.63) is 29.8 Å². The highest BCUT2D eigenvalue weighted by atomic mass is 16.5. The molecule has 0 saturated carbocycles. The molecule has 0 fully saturated rings. The molecule has 1 rings (SSSR count). The van der Waals surface area contributed by atoms with Gasteiger partial charge in [-0.25, -0.2) is 0 Å². The van der Waals surface area contributed by atoms with E-state index in [2.05, 4.69) is 18.3 Å². The van der Waals surface area contributed by atoms with Gasteiger partial charge in [0.25, 0.3) is 5.91 Å². The van der Waals surface area contributed by atoms with Gasteiger partial charge in [0, 0.05) is 19.6 Å². The Morgan fingerprint density at radius 3 is 2.62 bits per heavy atom. The topological polar surface area (TPSA) is 41.6 Å². The standard InChI is InChI=1S/C17H28N2O2/c1-5-11-18-13-15-9-8-10-16(12-15)21-14(4)17(20)19(6-2)7-3/h8-10,12,14,18H,5-7,11,13H2,1-4H3. The molecule has 1 atom stereocenters. The number of amides is 1. The Kier molecular flexibility index (Phi) is 7.83. The number of likely N-dealkylation sites (N-methyl/N-ethyl adjacent to an activating group) is 1. The van der Waals surface area contributed by atoms with Gasteiger partial charge < -0.3 is 15.0 Å². The highest BCUT2D eigenvalue weighted by Crippen LogP contribution is 2.15. The van der Waals surface area contributed by atoms with E-state index in [0.29, 0.717) is 13.1 Å². The van der Waals surface area contributed by atoms with Crippen molar-refractivity contribution in [2.75, 3.05) is 19.6 Å². The SMILES string of the molecule is CCCNCc1cccc(OC(C)C(=O)N(CC)CC)c1. The van der Waals surface area contributed by atoms with E-state index in [0.717, 1.165) is 25.3 Å². The van der Waals surface area contributed by atoms with E-state index >= 15 is 0 Å². The molecular formula is C17H28N2O2. The fourth-order valence-corrected chi connectivity index (χ4v) is 2.19. The Balaban J connectivity index is 2.61. The molecule has 0 saturated heterocycles. The number of carbonyl (C=O) groups excluding carboxylic acids is 1. The first-order chi connectivity index (χ1) is 10.1. The average Bonchev–Trinajstić information content (AvgIpc) is 2.49. The van der Waals surface area contributed by atoms with Crippen LogP contribution in [0.4, 0.5) is 0 Å². The molecule has 4 heteroatoms. The van der Waals surface area contributed by atoms with E-state index in [1.807, 2.05) is 39.0 Å². The summed E-state index contributed by atoms with van der Waals surface area (Å²) < 4.78 is 5.79. The lowest BCUT2D eigenvalue weighted by Gasteiger charge is -2.23. The van der Waals surface area contributed by atoms with Crippen LogP contribution < -0.4 is 10.1 Å². The lowest BCUT2D eigenvalue weighted by Crippen LogP contribution is -2.40. The Morgan fingerprint density at radius 2 is 2.00 bits per heavy atom. The highest BCUT2D eigenvalue weighted by Gasteiger charge is 2.19. The number of hydrogen-bond donors (Lipinski definition) is 1. The van der Waals surface area contributed by atoms with Crippen molar-refractivity contribution in [1.82, 2.24) is 10.2 Å². The van der Waals surface area contributed by atoms with Crippen LogP contribution in [0, 0.1) is 0 Å². The summed E-state index contributed by atoms with van der Waals surface area (Å²) >= 11 is 0. The van der Waals surface area contributed by atoms with Crippen LogP contribution in [0.1, 0.15) is 39.7 Å². The molecule has 1 aromatic rings. The van der Waals surface area contributed by atoms with Crippen LogP contribution >= 0.6 is 0 Å². The maximum absolute atomic E-state index is 12.2. The predicted molar refractivity (Wildman–Crippen MR) is 86.5 cm³/mol. The minimum Gasteiger partial charge on any atom is -0.481 e. The molecule has 1 amide bonds. The monoisotopic (exact) mass is 292 g/mol. The molecule has 0 aliphatic heterocycles. The molecule has 1 unspecified atom stereocenters. The molecular weight excluding hydrogens is 264 g/mol. The molecule has 118 valence electrons. The maximum Gasteiger partial charge on any atom is 0.263 e. The summed E-state index contributed by atoms with van der Waals surface area (Å²) in [6, 6.07) is 7.92. The Labute approximate surface area is 128 Å². The van der Waals surface area contributed by atoms with Crippen molar-refractivity contribution in [3.63, 3.8) is 0 Å². The first-order valence-corrected chi connectivity index (χ1v) is 7.87. The molecule has 1 N–H and O–H groups in total. The number of nitrogens with one attached hydrogen (secondary N) is 1. The van der Waals surface area contributed by atoms with Crippen LogP contribution in [0.2, 0.25) is 0 Å². The van der Waals surface area contributed by atoms with Gasteiger partial charge in [-0.05, 0) is 51.4 Å². The van der Waals surface area contributed by atoms with Crippen molar-refractivity contribution in [3.8, 4) is 5.75 Å². The fourth-order valence-electron chi connectivity index (χ4n) is 2.19. The van der Waals surface area contributed by atoms with Crippen molar-refractivity contribution in [1.29, 1.82) is 0 Å². The number of nitrogens with zero attached hydrogens (tertiary/aromatic N) is 1. The van der Waals surface area contributed by atoms with Crippen molar-refractivity contribution >= 4 is 5.91 Å². The van der Waals surface area contributed by atoms with Gasteiger partial charge in [-0.15, -0.1) is 0 Å². The molecule has 4 nitrogen and oxygen atoms in total. The first kappa shape index (κ1) is 17.5. The van der Waals surface area contributed by atoms with Crippen LogP contribution in [0.3, 0.4) is 0 Å². The number of rotatable bonds is 9. The smallest absolute Gasteiger partial charge is 0.263 e. The number of benzene rings is 1. The number of ether oxygens (including phenoxy) is 1. The quantitative estimate of drug-likeness (QED) is 0.712. The lowest BCUT2D eigenvalue weighted by molar-refractivity contribution is -0.137. The number of carbonyl (C=O) groups is 1. The van der Waals surface area contributed by atoms with E-state index in [4.69, 9.17) is 4.74 Å². The zero-order chi connectivity index (χ0) is 15.7. The Bertz CT molecular complexity index is 431. The van der Waals surface area contributed by atoms with Crippen molar-refractivity contribution in [2.45, 2.75) is 46.8 Å². The maximum atomic E-state index is 12.2. The fraction of sp³-hybridized carbons (Fsp3) is 0.588. The van der Waals surface area contributed by atoms with E-state index < -0.39 is 6.10 Å². The van der Waals surface area contributed by atoms with Crippen LogP contribution in [-0.2, 0) is 11.3 Å². The second-order valence-corrected chi connectivity index (χ2v) is 5.09. The van der Waals surface area contributed by atoms with Crippen LogP contribution in [0.15, 0.2) is 24.3 Å². The highest BCUT2D eigenvalue weighted by molar-refractivity contribution is 5.80. The summed E-state index contributed by atoms with van der Waals surface area (Å²) in [5.74, 6) is 0.785. The van der Waals surface area contributed by atoms with Gasteiger partial charge in [0.2, 0.25) is 0 Å². The first-order valence-electron chi connectivity index (χ1n) is 7.87. The largest absolute Gasteiger partial charge is 0.481 e. The van der Waals surface area contributed by atoms with E-state index in [9.17, 15) is 4.79 Å². The van der Waals surface area contributed by atoms with E-state index in [1.54, 1.807) is 4.90 Å². The minimum atomic E-state index is -0.455. The molecule has 0 aromatic heterocycles. The molecule has 0 heterocycles. The van der Waals surface area contributed by atoms with Gasteiger partial charge in [-0.2, -0.15) is 0 Å². The zero-order valence-electron chi connectivity index (χ0n) is 13.7. The molecule has 1 aromatic carbocycles. The summed E-state index contributed by atoms with van der Waals surface area (Å²) in [6.07, 6.45) is 0.662. The van der Waals surface area contributed by atoms with Crippen molar-refractivity contribution < 1.29 is 9.53 Å². The number of hydrogen-bond acceptors (Lipinski definition) is 3. The Hall–Kier alpha value is -1.55. The molecule has 0 aliphatic rings. The molecule has 0 aliphatic carbocycles. The van der Waals surface area contributed by atoms with Crippen LogP contribution in [-0.4, -0.2) is 36.5 Å². The normalized spacial score (nSPS) is 12.0. The third kappa shape index (κ3) is 5.76. The lowest BCUT2D eigenvalue weighted by atomic mass is 10.2. The predicted octanol–water partition coefficient (Wildman–Crippen LogP) is 2.82. The summed E-state index contributed by atoms with van der Waals surface area (Å²) in [5.41, 5.74) is 1.17. The zero-order valence-corrected chi connectivity index (χ0v) is 13.7. The molecule has 0 bridgehead atoms. The molecule has 0 radical (unpaired) electrons. The Morgan fingerprint density at radius 1 is 1.29 bits per heavy atom. The second kappa shape index (κ2) is 9.40. The van der Waals surface area contributed by atoms with Crippen LogP contribution in [0.5, 0.6) is 5.75 Å². The van der Waals surface area contributed by atoms with Gasteiger partial charge >= 0.3 is 0 Å². The third-order valence-corrected chi connectivity index (χ3v) is 3.39. The third-order valence-electron chi connectivity index (χ3n) is 3.39. The minimum absolute atomic E-state index is 0.0366. The van der Waals surface area contributed by atoms with Gasteiger partial charge in [0.05, 0.1) is 0 Å². The summed E-state index contributed by atoms with van der Waals surface area (Å²) in [4.78, 5) is 14.0. The van der Waals surface area contributed by atoms with Gasteiger partial charge in [-0.3, -0.25) is 4.79 Å². The molecule has 0 spiro atoms.